The first-order valence-electron chi connectivity index (χ1n) is 11.1. The average Bonchev–Trinajstić information content (AvgIpc) is 3.29. The number of aromatic nitrogens is 1. The van der Waals surface area contributed by atoms with Gasteiger partial charge >= 0.3 is 0 Å². The highest BCUT2D eigenvalue weighted by Gasteiger charge is 2.34. The Morgan fingerprint density at radius 2 is 1.82 bits per heavy atom. The Hall–Kier alpha value is -2.81. The first kappa shape index (κ1) is 24.3. The molecule has 3 heterocycles. The molecule has 1 unspecified atom stereocenters. The van der Waals surface area contributed by atoms with E-state index in [1.807, 2.05) is 36.5 Å². The van der Waals surface area contributed by atoms with Crippen molar-refractivity contribution in [3.05, 3.63) is 66.5 Å². The van der Waals surface area contributed by atoms with Crippen LogP contribution >= 0.6 is 12.4 Å². The van der Waals surface area contributed by atoms with Crippen molar-refractivity contribution in [2.45, 2.75) is 16.7 Å². The number of pyridine rings is 1. The molecule has 1 atom stereocenters. The molecule has 34 heavy (non-hydrogen) atoms. The summed E-state index contributed by atoms with van der Waals surface area (Å²) in [4.78, 5) is 8.97. The van der Waals surface area contributed by atoms with Crippen LogP contribution in [0.5, 0.6) is 5.75 Å². The molecule has 1 saturated heterocycles. The normalized spacial score (nSPS) is 18.1. The summed E-state index contributed by atoms with van der Waals surface area (Å²) in [7, 11) is 0.122. The maximum atomic E-state index is 13.6. The number of likely N-dealkylation sites (N-methyl/N-ethyl adjacent to an activating group) is 1. The molecule has 0 amide bonds. The van der Waals surface area contributed by atoms with Crippen LogP contribution in [0, 0.1) is 0 Å². The average molecular weight is 501 g/mol. The van der Waals surface area contributed by atoms with Crippen LogP contribution in [0.15, 0.2) is 65.8 Å². The molecular weight excluding hydrogens is 472 g/mol. The Labute approximate surface area is 207 Å². The number of fused-ring (bicyclic) bond motifs is 1. The Bertz CT molecular complexity index is 1260. The second kappa shape index (κ2) is 9.82. The fourth-order valence-corrected chi connectivity index (χ4v) is 6.06. The molecule has 1 fully saturated rings. The molecule has 0 spiro atoms. The van der Waals surface area contributed by atoms with Gasteiger partial charge in [-0.05, 0) is 48.5 Å². The Morgan fingerprint density at radius 3 is 2.53 bits per heavy atom. The van der Waals surface area contributed by atoms with Crippen molar-refractivity contribution >= 4 is 33.6 Å². The van der Waals surface area contributed by atoms with Gasteiger partial charge in [-0.15, -0.1) is 12.4 Å². The monoisotopic (exact) mass is 500 g/mol. The third kappa shape index (κ3) is 4.58. The number of piperazine rings is 1. The van der Waals surface area contributed by atoms with Crippen LogP contribution in [0.25, 0.3) is 11.1 Å². The number of rotatable bonds is 5. The van der Waals surface area contributed by atoms with E-state index >= 15 is 0 Å². The molecule has 180 valence electrons. The first-order chi connectivity index (χ1) is 16.0. The van der Waals surface area contributed by atoms with Gasteiger partial charge in [0.05, 0.1) is 17.7 Å². The maximum Gasteiger partial charge on any atom is 0.199 e. The van der Waals surface area contributed by atoms with Crippen molar-refractivity contribution in [2.75, 3.05) is 50.6 Å². The van der Waals surface area contributed by atoms with Crippen molar-refractivity contribution in [2.24, 2.45) is 0 Å². The van der Waals surface area contributed by atoms with E-state index in [4.69, 9.17) is 4.74 Å². The van der Waals surface area contributed by atoms with E-state index in [0.29, 0.717) is 17.1 Å². The summed E-state index contributed by atoms with van der Waals surface area (Å²) in [6.07, 6.45) is 3.98. The predicted molar refractivity (Wildman–Crippen MR) is 138 cm³/mol. The molecule has 2 aliphatic rings. The number of nitrogens with one attached hydrogen (secondary N) is 1. The lowest BCUT2D eigenvalue weighted by atomic mass is 10.0. The molecule has 0 bridgehead atoms. The topological polar surface area (TPSA) is 74.8 Å². The highest BCUT2D eigenvalue weighted by Crippen LogP contribution is 2.37. The molecule has 3 aromatic rings. The smallest absolute Gasteiger partial charge is 0.199 e. The van der Waals surface area contributed by atoms with Crippen molar-refractivity contribution in [1.29, 1.82) is 0 Å². The van der Waals surface area contributed by atoms with Crippen LogP contribution in [0.3, 0.4) is 0 Å². The summed E-state index contributed by atoms with van der Waals surface area (Å²) in [6.45, 7) is 3.53. The Morgan fingerprint density at radius 1 is 1.03 bits per heavy atom. The summed E-state index contributed by atoms with van der Waals surface area (Å²) in [6, 6.07) is 15.1. The number of hydrogen-bond acceptors (Lipinski definition) is 7. The van der Waals surface area contributed by atoms with Crippen LogP contribution in [-0.2, 0) is 16.3 Å². The lowest BCUT2D eigenvalue weighted by molar-refractivity contribution is 0.311. The van der Waals surface area contributed by atoms with Crippen LogP contribution in [0.2, 0.25) is 0 Å². The van der Waals surface area contributed by atoms with Gasteiger partial charge in [0.2, 0.25) is 0 Å². The zero-order valence-corrected chi connectivity index (χ0v) is 20.9. The number of methoxy groups -OCH3 is 1. The molecule has 9 heteroatoms. The second-order valence-electron chi connectivity index (χ2n) is 8.62. The fraction of sp³-hybridized carbons (Fsp3) is 0.320. The number of halogens is 1. The van der Waals surface area contributed by atoms with Gasteiger partial charge in [-0.25, -0.2) is 8.42 Å². The van der Waals surface area contributed by atoms with E-state index < -0.39 is 15.2 Å². The van der Waals surface area contributed by atoms with E-state index in [0.717, 1.165) is 54.2 Å². The molecule has 2 aromatic carbocycles. The van der Waals surface area contributed by atoms with Gasteiger partial charge in [0.1, 0.15) is 11.1 Å². The number of nitrogens with zero attached hydrogens (tertiary/aromatic N) is 3. The van der Waals surface area contributed by atoms with E-state index in [2.05, 4.69) is 27.1 Å². The maximum absolute atomic E-state index is 13.6. The summed E-state index contributed by atoms with van der Waals surface area (Å²) in [5.41, 5.74) is 4.71. The summed E-state index contributed by atoms with van der Waals surface area (Å²) in [5, 5.41) is 2.55. The quantitative estimate of drug-likeness (QED) is 0.572. The van der Waals surface area contributed by atoms with Crippen molar-refractivity contribution < 1.29 is 13.2 Å². The standard InChI is InChI=1S/C25H28N4O3S.ClH/c1-28-10-12-29(13-11-28)23-16-21(7-8-24(23)32-2)33(30,31)25-15-19-6-5-18(14-22(19)27-25)20-4-3-9-26-17-20;/h3-9,14,16-17,25,27H,10-13,15H2,1-2H3;1H. The van der Waals surface area contributed by atoms with E-state index in [9.17, 15) is 8.42 Å². The minimum atomic E-state index is -3.60. The van der Waals surface area contributed by atoms with E-state index in [-0.39, 0.29) is 12.4 Å². The number of ether oxygens (including phenoxy) is 1. The highest BCUT2D eigenvalue weighted by molar-refractivity contribution is 7.92. The molecule has 0 saturated carbocycles. The third-order valence-electron chi connectivity index (χ3n) is 6.52. The number of benzene rings is 2. The molecule has 2 aliphatic heterocycles. The third-order valence-corrected chi connectivity index (χ3v) is 8.47. The summed E-state index contributed by atoms with van der Waals surface area (Å²) < 4.78 is 32.8. The lowest BCUT2D eigenvalue weighted by Gasteiger charge is -2.35. The molecule has 1 N–H and O–H groups in total. The summed E-state index contributed by atoms with van der Waals surface area (Å²) >= 11 is 0. The molecule has 7 nitrogen and oxygen atoms in total. The van der Waals surface area contributed by atoms with Crippen LogP contribution < -0.4 is 15.0 Å². The van der Waals surface area contributed by atoms with Crippen LogP contribution in [-0.4, -0.2) is 64.0 Å². The van der Waals surface area contributed by atoms with Gasteiger partial charge in [-0.2, -0.15) is 0 Å². The summed E-state index contributed by atoms with van der Waals surface area (Å²) in [5.74, 6) is 0.697. The molecule has 0 aliphatic carbocycles. The number of hydrogen-bond donors (Lipinski definition) is 1. The van der Waals surface area contributed by atoms with Gasteiger partial charge in [-0.3, -0.25) is 4.98 Å². The highest BCUT2D eigenvalue weighted by atomic mass is 35.5. The largest absolute Gasteiger partial charge is 0.495 e. The minimum Gasteiger partial charge on any atom is -0.495 e. The predicted octanol–water partition coefficient (Wildman–Crippen LogP) is 3.70. The fourth-order valence-electron chi connectivity index (χ4n) is 4.52. The van der Waals surface area contributed by atoms with Crippen molar-refractivity contribution in [3.63, 3.8) is 0 Å². The Kier molecular flexibility index (Phi) is 7.02. The lowest BCUT2D eigenvalue weighted by Crippen LogP contribution is -2.44. The van der Waals surface area contributed by atoms with Gasteiger partial charge in [0, 0.05) is 56.2 Å². The number of anilines is 2. The van der Waals surface area contributed by atoms with Gasteiger partial charge in [0.15, 0.2) is 9.84 Å². The van der Waals surface area contributed by atoms with Crippen molar-refractivity contribution in [3.8, 4) is 16.9 Å². The molecule has 1 aromatic heterocycles. The minimum absolute atomic E-state index is 0. The van der Waals surface area contributed by atoms with Gasteiger partial charge in [-0.1, -0.05) is 18.2 Å². The van der Waals surface area contributed by atoms with Crippen LogP contribution in [0.1, 0.15) is 5.56 Å². The Balaban J connectivity index is 0.00000274. The molecule has 5 rings (SSSR count). The van der Waals surface area contributed by atoms with Gasteiger partial charge in [0.25, 0.3) is 0 Å². The van der Waals surface area contributed by atoms with E-state index in [1.165, 1.54) is 0 Å². The van der Waals surface area contributed by atoms with Gasteiger partial charge < -0.3 is 19.9 Å². The zero-order chi connectivity index (χ0) is 23.0. The first-order valence-corrected chi connectivity index (χ1v) is 12.7. The van der Waals surface area contributed by atoms with Crippen molar-refractivity contribution in [1.82, 2.24) is 9.88 Å². The van der Waals surface area contributed by atoms with E-state index in [1.54, 1.807) is 31.5 Å². The SMILES string of the molecule is COc1ccc(S(=O)(=O)C2Cc3ccc(-c4cccnc4)cc3N2)cc1N1CCN(C)CC1.Cl. The molecular formula is C25H29ClN4O3S. The zero-order valence-electron chi connectivity index (χ0n) is 19.3. The number of sulfone groups is 1. The molecule has 0 radical (unpaired) electrons. The van der Waals surface area contributed by atoms with Crippen LogP contribution in [0.4, 0.5) is 11.4 Å². The second-order valence-corrected chi connectivity index (χ2v) is 10.8.